The average molecular weight is 699 g/mol. The minimum absolute atomic E-state index is 0.0861. The highest BCUT2D eigenvalue weighted by Crippen LogP contribution is 2.32. The Bertz CT molecular complexity index is 1960. The minimum atomic E-state index is -0.920. The number of thiazole rings is 1. The molecule has 0 bridgehead atoms. The van der Waals surface area contributed by atoms with Gasteiger partial charge in [-0.15, -0.1) is 6.42 Å². The van der Waals surface area contributed by atoms with E-state index in [2.05, 4.69) is 16.2 Å². The number of fused-ring (bicyclic) bond motifs is 2. The first kappa shape index (κ1) is 34.2. The SMILES string of the molecule is C#CCN(C(=O)NCc1ccc(F)cc1)N1CC(=O)N2[C@@H](Cc3ccc(OC(=O)N(C)C)cc3)C(=O)N(Cc3cccc4sc(N)nc34)C[C@@H]21. The van der Waals surface area contributed by atoms with E-state index in [1.807, 2.05) is 18.2 Å². The Kier molecular flexibility index (Phi) is 9.84. The first-order valence-electron chi connectivity index (χ1n) is 15.7. The van der Waals surface area contributed by atoms with Gasteiger partial charge >= 0.3 is 12.1 Å². The van der Waals surface area contributed by atoms with Gasteiger partial charge in [-0.05, 0) is 47.0 Å². The summed E-state index contributed by atoms with van der Waals surface area (Å²) in [5.74, 6) is 1.83. The van der Waals surface area contributed by atoms with Gasteiger partial charge in [0.05, 0.1) is 29.9 Å². The van der Waals surface area contributed by atoms with E-state index in [-0.39, 0.29) is 51.0 Å². The minimum Gasteiger partial charge on any atom is -0.410 e. The molecule has 2 saturated heterocycles. The number of amides is 5. The summed E-state index contributed by atoms with van der Waals surface area (Å²) in [7, 11) is 3.15. The summed E-state index contributed by atoms with van der Waals surface area (Å²) < 4.78 is 19.7. The van der Waals surface area contributed by atoms with Crippen molar-refractivity contribution in [2.24, 2.45) is 0 Å². The van der Waals surface area contributed by atoms with Crippen molar-refractivity contribution in [3.05, 3.63) is 89.2 Å². The second-order valence-electron chi connectivity index (χ2n) is 12.1. The number of terminal acetylenes is 1. The van der Waals surface area contributed by atoms with Gasteiger partial charge in [-0.25, -0.2) is 24.0 Å². The molecule has 0 aliphatic carbocycles. The van der Waals surface area contributed by atoms with Crippen LogP contribution >= 0.6 is 11.3 Å². The fourth-order valence-corrected chi connectivity index (χ4v) is 6.87. The molecule has 4 aromatic rings. The molecule has 2 fully saturated rings. The number of halogens is 1. The molecule has 0 radical (unpaired) electrons. The number of carbonyl (C=O) groups is 4. The second kappa shape index (κ2) is 14.4. The molecule has 0 unspecified atom stereocenters. The molecular weight excluding hydrogens is 664 g/mol. The number of nitrogen functional groups attached to an aromatic ring is 1. The van der Waals surface area contributed by atoms with Gasteiger partial charge in [0.15, 0.2) is 5.13 Å². The smallest absolute Gasteiger partial charge is 0.410 e. The summed E-state index contributed by atoms with van der Waals surface area (Å²) in [6, 6.07) is 16.7. The summed E-state index contributed by atoms with van der Waals surface area (Å²) >= 11 is 1.35. The number of urea groups is 1. The molecule has 13 nitrogen and oxygen atoms in total. The molecule has 0 spiro atoms. The topological polar surface area (TPSA) is 145 Å². The molecule has 1 aromatic heterocycles. The number of para-hydroxylation sites is 1. The van der Waals surface area contributed by atoms with Crippen molar-refractivity contribution in [3.8, 4) is 18.1 Å². The van der Waals surface area contributed by atoms with Crippen LogP contribution in [0.2, 0.25) is 0 Å². The van der Waals surface area contributed by atoms with Crippen molar-refractivity contribution < 1.29 is 28.3 Å². The highest BCUT2D eigenvalue weighted by Gasteiger charge is 2.52. The molecular formula is C35H35FN8O5S. The zero-order valence-electron chi connectivity index (χ0n) is 27.4. The molecule has 258 valence electrons. The number of rotatable bonds is 9. The molecule has 2 atom stereocenters. The quantitative estimate of drug-likeness (QED) is 0.254. The molecule has 2 aliphatic heterocycles. The predicted molar refractivity (Wildman–Crippen MR) is 185 cm³/mol. The number of hydrogen-bond donors (Lipinski definition) is 2. The van der Waals surface area contributed by atoms with E-state index < -0.39 is 30.1 Å². The van der Waals surface area contributed by atoms with Crippen LogP contribution in [-0.4, -0.2) is 99.6 Å². The van der Waals surface area contributed by atoms with Crippen LogP contribution in [0.1, 0.15) is 16.7 Å². The Hall–Kier alpha value is -5.72. The molecule has 50 heavy (non-hydrogen) atoms. The van der Waals surface area contributed by atoms with E-state index in [0.29, 0.717) is 22.0 Å². The fraction of sp³-hybridized carbons (Fsp3) is 0.286. The highest BCUT2D eigenvalue weighted by atomic mass is 32.1. The Morgan fingerprint density at radius 2 is 1.82 bits per heavy atom. The molecule has 0 saturated carbocycles. The summed E-state index contributed by atoms with van der Waals surface area (Å²) in [5.41, 5.74) is 8.90. The van der Waals surface area contributed by atoms with Crippen molar-refractivity contribution >= 4 is 50.6 Å². The van der Waals surface area contributed by atoms with Gasteiger partial charge in [0.1, 0.15) is 23.8 Å². The number of ether oxygens (including phenoxy) is 1. The third kappa shape index (κ3) is 7.16. The molecule has 15 heteroatoms. The number of piperazine rings is 1. The number of anilines is 1. The van der Waals surface area contributed by atoms with Gasteiger partial charge in [0.25, 0.3) is 0 Å². The van der Waals surface area contributed by atoms with E-state index in [1.54, 1.807) is 60.4 Å². The van der Waals surface area contributed by atoms with E-state index in [1.165, 1.54) is 38.3 Å². The number of nitrogens with one attached hydrogen (secondary N) is 1. The normalized spacial score (nSPS) is 17.4. The van der Waals surface area contributed by atoms with Gasteiger partial charge in [-0.1, -0.05) is 53.7 Å². The van der Waals surface area contributed by atoms with Crippen LogP contribution in [0.4, 0.5) is 19.1 Å². The monoisotopic (exact) mass is 698 g/mol. The third-order valence-corrected chi connectivity index (χ3v) is 9.36. The van der Waals surface area contributed by atoms with Crippen LogP contribution in [0.15, 0.2) is 66.7 Å². The number of nitrogens with zero attached hydrogens (tertiary/aromatic N) is 6. The van der Waals surface area contributed by atoms with Gasteiger partial charge in [-0.2, -0.15) is 5.01 Å². The van der Waals surface area contributed by atoms with E-state index >= 15 is 0 Å². The van der Waals surface area contributed by atoms with Crippen LogP contribution in [0.3, 0.4) is 0 Å². The Balaban J connectivity index is 1.29. The lowest BCUT2D eigenvalue weighted by atomic mass is 9.99. The Morgan fingerprint density at radius 3 is 2.52 bits per heavy atom. The van der Waals surface area contributed by atoms with Crippen LogP contribution in [0.5, 0.6) is 5.75 Å². The maximum atomic E-state index is 14.3. The summed E-state index contributed by atoms with van der Waals surface area (Å²) in [5, 5.41) is 6.11. The Labute approximate surface area is 291 Å². The number of aromatic nitrogens is 1. The summed E-state index contributed by atoms with van der Waals surface area (Å²) in [4.78, 5) is 62.7. The predicted octanol–water partition coefficient (Wildman–Crippen LogP) is 3.26. The summed E-state index contributed by atoms with van der Waals surface area (Å²) in [6.45, 7) is 0.0438. The number of hydrogen-bond acceptors (Lipinski definition) is 9. The van der Waals surface area contributed by atoms with Crippen molar-refractivity contribution in [3.63, 3.8) is 0 Å². The van der Waals surface area contributed by atoms with Crippen molar-refractivity contribution in [2.45, 2.75) is 31.7 Å². The number of nitrogens with two attached hydrogens (primary N) is 1. The lowest BCUT2D eigenvalue weighted by Gasteiger charge is -2.46. The van der Waals surface area contributed by atoms with Crippen molar-refractivity contribution in [1.29, 1.82) is 0 Å². The molecule has 3 aromatic carbocycles. The van der Waals surface area contributed by atoms with Crippen LogP contribution in [0.25, 0.3) is 10.2 Å². The van der Waals surface area contributed by atoms with Crippen LogP contribution in [0, 0.1) is 18.2 Å². The molecule has 3 N–H and O–H groups in total. The van der Waals surface area contributed by atoms with Gasteiger partial charge < -0.3 is 30.5 Å². The largest absolute Gasteiger partial charge is 0.414 e. The third-order valence-electron chi connectivity index (χ3n) is 8.51. The van der Waals surface area contributed by atoms with E-state index in [4.69, 9.17) is 16.9 Å². The number of carbonyl (C=O) groups excluding carboxylic acids is 4. The number of hydrazine groups is 1. The maximum absolute atomic E-state index is 14.3. The standard InChI is InChI=1S/C35H35FN8O5S/c1-4-16-42(34(47)38-18-23-8-12-25(36)13-9-23)43-21-30(45)44-27(17-22-10-14-26(15-11-22)49-35(48)40(2)3)32(46)41(20-29(43)44)19-24-6-5-7-28-31(24)39-33(37)50-28/h1,5-15,27,29H,16-21H2,2-3H3,(H2,37,39)(H,38,47)/t27-,29+/m0/s1. The van der Waals surface area contributed by atoms with Crippen LogP contribution < -0.4 is 15.8 Å². The summed E-state index contributed by atoms with van der Waals surface area (Å²) in [6.07, 6.45) is 4.60. The molecule has 5 amide bonds. The average Bonchev–Trinajstić information content (AvgIpc) is 3.64. The first-order valence-corrected chi connectivity index (χ1v) is 16.6. The van der Waals surface area contributed by atoms with E-state index in [9.17, 15) is 23.6 Å². The fourth-order valence-electron chi connectivity index (χ4n) is 6.09. The number of benzene rings is 3. The lowest BCUT2D eigenvalue weighted by Crippen LogP contribution is -2.66. The lowest BCUT2D eigenvalue weighted by molar-refractivity contribution is -0.157. The molecule has 3 heterocycles. The zero-order chi connectivity index (χ0) is 35.5. The van der Waals surface area contributed by atoms with Crippen molar-refractivity contribution in [2.75, 3.05) is 39.5 Å². The Morgan fingerprint density at radius 1 is 1.10 bits per heavy atom. The van der Waals surface area contributed by atoms with Gasteiger partial charge in [-0.3, -0.25) is 9.59 Å². The van der Waals surface area contributed by atoms with Gasteiger partial charge in [0.2, 0.25) is 11.8 Å². The van der Waals surface area contributed by atoms with Gasteiger partial charge in [0, 0.05) is 33.6 Å². The van der Waals surface area contributed by atoms with Crippen LogP contribution in [-0.2, 0) is 29.1 Å². The second-order valence-corrected chi connectivity index (χ2v) is 13.1. The first-order chi connectivity index (χ1) is 24.0. The molecule has 6 rings (SSSR count). The molecule has 2 aliphatic rings. The zero-order valence-corrected chi connectivity index (χ0v) is 28.2. The van der Waals surface area contributed by atoms with Crippen molar-refractivity contribution in [1.82, 2.24) is 35.0 Å². The van der Waals surface area contributed by atoms with E-state index in [0.717, 1.165) is 15.8 Å². The maximum Gasteiger partial charge on any atom is 0.414 e. The highest BCUT2D eigenvalue weighted by molar-refractivity contribution is 7.22.